The first-order valence-electron chi connectivity index (χ1n) is 5.71. The maximum absolute atomic E-state index is 11.0. The molecule has 0 saturated carbocycles. The van der Waals surface area contributed by atoms with E-state index in [2.05, 4.69) is 6.07 Å². The molecule has 0 bridgehead atoms. The van der Waals surface area contributed by atoms with Crippen molar-refractivity contribution in [3.05, 3.63) is 64.6 Å². The molecule has 1 atom stereocenters. The molecule has 1 aliphatic heterocycles. The van der Waals surface area contributed by atoms with E-state index in [1.54, 1.807) is 12.1 Å². The summed E-state index contributed by atoms with van der Waals surface area (Å²) in [7, 11) is 0. The molecule has 1 aliphatic rings. The van der Waals surface area contributed by atoms with Gasteiger partial charge in [-0.2, -0.15) is 0 Å². The van der Waals surface area contributed by atoms with E-state index in [4.69, 9.17) is 4.74 Å². The van der Waals surface area contributed by atoms with Gasteiger partial charge in [-0.25, -0.2) is 0 Å². The van der Waals surface area contributed by atoms with Gasteiger partial charge in [0, 0.05) is 42.6 Å². The number of hydrogen-bond donors (Lipinski definition) is 0. The number of nitrogens with zero attached hydrogens (tertiary/aromatic N) is 1. The minimum atomic E-state index is 0.0457. The first-order valence-corrected chi connectivity index (χ1v) is 5.71. The first kappa shape index (κ1) is 10.1. The lowest BCUT2D eigenvalue weighted by atomic mass is 10.0. The van der Waals surface area contributed by atoms with E-state index in [1.807, 2.05) is 35.2 Å². The van der Waals surface area contributed by atoms with Crippen LogP contribution in [0, 0.1) is 0 Å². The van der Waals surface area contributed by atoms with Crippen LogP contribution in [-0.4, -0.2) is 11.2 Å². The molecule has 0 amide bonds. The molecule has 86 valence electrons. The summed E-state index contributed by atoms with van der Waals surface area (Å²) in [6.07, 6.45) is 3.65. The van der Waals surface area contributed by atoms with Crippen molar-refractivity contribution in [2.45, 2.75) is 12.5 Å². The quantitative estimate of drug-likeness (QED) is 0.786. The Morgan fingerprint density at radius 2 is 1.94 bits per heavy atom. The van der Waals surface area contributed by atoms with Gasteiger partial charge in [-0.15, -0.1) is 0 Å². The van der Waals surface area contributed by atoms with E-state index in [0.717, 1.165) is 12.3 Å². The lowest BCUT2D eigenvalue weighted by molar-refractivity contribution is 0.319. The third-order valence-electron chi connectivity index (χ3n) is 3.09. The summed E-state index contributed by atoms with van der Waals surface area (Å²) >= 11 is 0. The van der Waals surface area contributed by atoms with Crippen molar-refractivity contribution in [3.63, 3.8) is 0 Å². The van der Waals surface area contributed by atoms with Crippen LogP contribution in [-0.2, 0) is 6.54 Å². The standard InChI is InChI=1S/C14H13NO2/c16-12-5-7-15(8-6-12)9-11-10-17-14-4-2-1-3-13(11)14/h1-8,11H,9-10H2. The molecule has 0 fully saturated rings. The lowest BCUT2D eigenvalue weighted by Gasteiger charge is -2.11. The molecule has 2 heterocycles. The van der Waals surface area contributed by atoms with Gasteiger partial charge in [-0.3, -0.25) is 4.79 Å². The van der Waals surface area contributed by atoms with Crippen molar-refractivity contribution in [1.29, 1.82) is 0 Å². The largest absolute Gasteiger partial charge is 0.493 e. The predicted molar refractivity (Wildman–Crippen MR) is 65.4 cm³/mol. The topological polar surface area (TPSA) is 31.2 Å². The van der Waals surface area contributed by atoms with E-state index in [1.165, 1.54) is 5.56 Å². The van der Waals surface area contributed by atoms with Crippen LogP contribution in [0.3, 0.4) is 0 Å². The number of aromatic nitrogens is 1. The second-order valence-corrected chi connectivity index (χ2v) is 4.28. The number of rotatable bonds is 2. The average molecular weight is 227 g/mol. The molecule has 3 rings (SSSR count). The molecule has 0 radical (unpaired) electrons. The Hall–Kier alpha value is -2.03. The number of fused-ring (bicyclic) bond motifs is 1. The Morgan fingerprint density at radius 1 is 1.18 bits per heavy atom. The minimum absolute atomic E-state index is 0.0457. The molecular formula is C14H13NO2. The third-order valence-corrected chi connectivity index (χ3v) is 3.09. The highest BCUT2D eigenvalue weighted by Gasteiger charge is 2.23. The van der Waals surface area contributed by atoms with E-state index in [-0.39, 0.29) is 5.43 Å². The van der Waals surface area contributed by atoms with Gasteiger partial charge in [-0.1, -0.05) is 18.2 Å². The molecule has 0 spiro atoms. The predicted octanol–water partition coefficient (Wildman–Crippen LogP) is 2.02. The van der Waals surface area contributed by atoms with Gasteiger partial charge in [0.25, 0.3) is 0 Å². The molecule has 17 heavy (non-hydrogen) atoms. The highest BCUT2D eigenvalue weighted by atomic mass is 16.5. The van der Waals surface area contributed by atoms with Gasteiger partial charge in [0.05, 0.1) is 6.61 Å². The van der Waals surface area contributed by atoms with E-state index >= 15 is 0 Å². The number of pyridine rings is 1. The van der Waals surface area contributed by atoms with E-state index in [0.29, 0.717) is 12.5 Å². The van der Waals surface area contributed by atoms with Crippen molar-refractivity contribution >= 4 is 0 Å². The molecular weight excluding hydrogens is 214 g/mol. The van der Waals surface area contributed by atoms with E-state index in [9.17, 15) is 4.79 Å². The number of benzene rings is 1. The smallest absolute Gasteiger partial charge is 0.181 e. The van der Waals surface area contributed by atoms with Crippen molar-refractivity contribution in [2.75, 3.05) is 6.61 Å². The fourth-order valence-corrected chi connectivity index (χ4v) is 2.20. The number of para-hydroxylation sites is 1. The maximum Gasteiger partial charge on any atom is 0.181 e. The molecule has 0 N–H and O–H groups in total. The second kappa shape index (κ2) is 4.09. The summed E-state index contributed by atoms with van der Waals surface area (Å²) in [6.45, 7) is 1.56. The molecule has 0 aliphatic carbocycles. The Kier molecular flexibility index (Phi) is 2.44. The van der Waals surface area contributed by atoms with Gasteiger partial charge in [0.1, 0.15) is 5.75 Å². The molecule has 3 heteroatoms. The van der Waals surface area contributed by atoms with Gasteiger partial charge in [-0.05, 0) is 6.07 Å². The number of hydrogen-bond acceptors (Lipinski definition) is 2. The minimum Gasteiger partial charge on any atom is -0.493 e. The highest BCUT2D eigenvalue weighted by molar-refractivity contribution is 5.39. The second-order valence-electron chi connectivity index (χ2n) is 4.28. The molecule has 1 unspecified atom stereocenters. The highest BCUT2D eigenvalue weighted by Crippen LogP contribution is 2.34. The Balaban J connectivity index is 1.84. The Labute approximate surface area is 99.3 Å². The van der Waals surface area contributed by atoms with Crippen LogP contribution >= 0.6 is 0 Å². The average Bonchev–Trinajstić information content (AvgIpc) is 2.76. The summed E-state index contributed by atoms with van der Waals surface area (Å²) in [6, 6.07) is 11.3. The van der Waals surface area contributed by atoms with Crippen LogP contribution in [0.25, 0.3) is 0 Å². The van der Waals surface area contributed by atoms with Gasteiger partial charge < -0.3 is 9.30 Å². The fourth-order valence-electron chi connectivity index (χ4n) is 2.20. The SMILES string of the molecule is O=c1ccn(CC2COc3ccccc32)cc1. The van der Waals surface area contributed by atoms with Crippen molar-refractivity contribution in [1.82, 2.24) is 4.57 Å². The fraction of sp³-hybridized carbons (Fsp3) is 0.214. The van der Waals surface area contributed by atoms with Crippen LogP contribution < -0.4 is 10.2 Å². The molecule has 0 saturated heterocycles. The van der Waals surface area contributed by atoms with Crippen LogP contribution in [0.4, 0.5) is 0 Å². The summed E-state index contributed by atoms with van der Waals surface area (Å²) in [4.78, 5) is 11.0. The first-order chi connectivity index (χ1) is 8.33. The van der Waals surface area contributed by atoms with Crippen molar-refractivity contribution < 1.29 is 4.74 Å². The zero-order valence-corrected chi connectivity index (χ0v) is 9.37. The van der Waals surface area contributed by atoms with Crippen LogP contribution in [0.15, 0.2) is 53.6 Å². The molecule has 1 aromatic heterocycles. The Bertz CT molecular complexity index is 568. The molecule has 2 aromatic rings. The molecule has 1 aromatic carbocycles. The van der Waals surface area contributed by atoms with Gasteiger partial charge >= 0.3 is 0 Å². The maximum atomic E-state index is 11.0. The zero-order valence-electron chi connectivity index (χ0n) is 9.37. The Morgan fingerprint density at radius 3 is 2.76 bits per heavy atom. The van der Waals surface area contributed by atoms with Crippen molar-refractivity contribution in [3.8, 4) is 5.75 Å². The summed E-state index contributed by atoms with van der Waals surface area (Å²) in [5.74, 6) is 1.35. The van der Waals surface area contributed by atoms with Crippen LogP contribution in [0.5, 0.6) is 5.75 Å². The summed E-state index contributed by atoms with van der Waals surface area (Å²) in [5, 5.41) is 0. The van der Waals surface area contributed by atoms with Gasteiger partial charge in [0.15, 0.2) is 5.43 Å². The summed E-state index contributed by atoms with van der Waals surface area (Å²) < 4.78 is 7.66. The van der Waals surface area contributed by atoms with Gasteiger partial charge in [0.2, 0.25) is 0 Å². The van der Waals surface area contributed by atoms with Crippen molar-refractivity contribution in [2.24, 2.45) is 0 Å². The lowest BCUT2D eigenvalue weighted by Crippen LogP contribution is -2.12. The number of ether oxygens (including phenoxy) is 1. The van der Waals surface area contributed by atoms with E-state index < -0.39 is 0 Å². The molecule has 3 nitrogen and oxygen atoms in total. The normalized spacial score (nSPS) is 17.5. The van der Waals surface area contributed by atoms with Crippen LogP contribution in [0.1, 0.15) is 11.5 Å². The third kappa shape index (κ3) is 1.96. The summed E-state index contributed by atoms with van der Waals surface area (Å²) in [5.41, 5.74) is 1.30. The zero-order chi connectivity index (χ0) is 11.7. The monoisotopic (exact) mass is 227 g/mol. The van der Waals surface area contributed by atoms with Crippen LogP contribution in [0.2, 0.25) is 0 Å².